The van der Waals surface area contributed by atoms with Gasteiger partial charge >= 0.3 is 0 Å². The zero-order valence-corrected chi connectivity index (χ0v) is 33.0. The van der Waals surface area contributed by atoms with Crippen LogP contribution in [-0.2, 0) is 19.6 Å². The number of allylic oxidation sites excluding steroid dienone is 3. The maximum Gasteiger partial charge on any atom is 0.171 e. The first-order valence-electron chi connectivity index (χ1n) is 19.0. The normalized spacial score (nSPS) is 13.9. The highest BCUT2D eigenvalue weighted by Crippen LogP contribution is 2.26. The van der Waals surface area contributed by atoms with Crippen molar-refractivity contribution < 1.29 is 19.7 Å². The van der Waals surface area contributed by atoms with Crippen molar-refractivity contribution in [3.63, 3.8) is 0 Å². The van der Waals surface area contributed by atoms with Gasteiger partial charge in [-0.05, 0) is 58.2 Å². The predicted molar refractivity (Wildman–Crippen MR) is 235 cm³/mol. The molecule has 1 aliphatic rings. The molecule has 1 aromatic heterocycles. The molecule has 0 saturated heterocycles. The van der Waals surface area contributed by atoms with Crippen molar-refractivity contribution in [1.29, 1.82) is 0 Å². The summed E-state index contributed by atoms with van der Waals surface area (Å²) in [5, 5.41) is 18.4. The number of quaternary nitrogens is 1. The first kappa shape index (κ1) is 39.9. The van der Waals surface area contributed by atoms with Crippen LogP contribution < -0.4 is 19.3 Å². The fraction of sp³-hybridized carbons (Fsp3) is 0.213. The van der Waals surface area contributed by atoms with Gasteiger partial charge in [0.25, 0.3) is 0 Å². The quantitative estimate of drug-likeness (QED) is 0.0408. The highest BCUT2D eigenvalue weighted by atomic mass is 33.1. The van der Waals surface area contributed by atoms with Gasteiger partial charge in [-0.1, -0.05) is 125 Å². The van der Waals surface area contributed by atoms with Gasteiger partial charge in [-0.3, -0.25) is 4.90 Å². The van der Waals surface area contributed by atoms with E-state index in [0.29, 0.717) is 13.1 Å². The van der Waals surface area contributed by atoms with Gasteiger partial charge in [0.2, 0.25) is 0 Å². The van der Waals surface area contributed by atoms with Crippen molar-refractivity contribution in [2.24, 2.45) is 0 Å². The number of aromatic nitrogens is 1. The van der Waals surface area contributed by atoms with Crippen LogP contribution in [0.3, 0.4) is 0 Å². The molecule has 1 atom stereocenters. The Kier molecular flexibility index (Phi) is 15.9. The number of aliphatic hydroxyl groups excluding tert-OH is 2. The van der Waals surface area contributed by atoms with E-state index in [2.05, 4.69) is 174 Å². The summed E-state index contributed by atoms with van der Waals surface area (Å²) in [4.78, 5) is 6.14. The molecule has 6 nitrogen and oxygen atoms in total. The van der Waals surface area contributed by atoms with Gasteiger partial charge in [0, 0.05) is 72.8 Å². The van der Waals surface area contributed by atoms with E-state index in [0.717, 1.165) is 54.4 Å². The summed E-state index contributed by atoms with van der Waals surface area (Å²) >= 11 is 0. The van der Waals surface area contributed by atoms with E-state index in [9.17, 15) is 5.11 Å². The average Bonchev–Trinajstić information content (AvgIpc) is 3.69. The van der Waals surface area contributed by atoms with Crippen molar-refractivity contribution >= 4 is 51.2 Å². The molecule has 0 amide bonds. The number of rotatable bonds is 21. The van der Waals surface area contributed by atoms with Crippen LogP contribution in [0.4, 0.5) is 11.4 Å². The minimum Gasteiger partial charge on any atom is -0.390 e. The third-order valence-electron chi connectivity index (χ3n) is 9.38. The van der Waals surface area contributed by atoms with Gasteiger partial charge in [0.15, 0.2) is 18.9 Å². The molecule has 1 unspecified atom stereocenters. The molecule has 8 heteroatoms. The lowest BCUT2D eigenvalue weighted by Gasteiger charge is -2.26. The van der Waals surface area contributed by atoms with Crippen molar-refractivity contribution in [3.05, 3.63) is 192 Å². The minimum atomic E-state index is 0.139. The number of nitrogens with zero attached hydrogens (tertiary/aromatic N) is 3. The molecule has 2 heterocycles. The Morgan fingerprint density at radius 1 is 0.564 bits per heavy atom. The largest absolute Gasteiger partial charge is 0.390 e. The molecule has 0 bridgehead atoms. The summed E-state index contributed by atoms with van der Waals surface area (Å²) in [5.74, 6) is 2.04. The van der Waals surface area contributed by atoms with E-state index in [1.807, 2.05) is 38.5 Å². The molecule has 5 aromatic rings. The monoisotopic (exact) mass is 768 g/mol. The standard InChI is InChI=1S/C47H51N4O2S2/c52-33-29-48-26-23-42(24-27-48)12-11-40-15-19-46(20-16-40)50(38-43-7-3-1-4-8-43)31-35-54-55-36-32-51(39-44-9-5-2-6-10-44)47-21-17-41(18-22-47)13-14-45-25-28-49(37-45)30-34-53/h1-28,37,52-53H,29-36,38-39H2/q+1/p+1/b14-13+. The van der Waals surface area contributed by atoms with Crippen molar-refractivity contribution in [3.8, 4) is 0 Å². The fourth-order valence-electron chi connectivity index (χ4n) is 6.34. The second-order valence-electron chi connectivity index (χ2n) is 13.4. The number of hydrogen-bond acceptors (Lipinski definition) is 6. The fourth-order valence-corrected chi connectivity index (χ4v) is 8.32. The molecule has 4 aromatic carbocycles. The van der Waals surface area contributed by atoms with Crippen LogP contribution in [0.2, 0.25) is 0 Å². The molecule has 6 rings (SSSR count). The number of pyridine rings is 1. The summed E-state index contributed by atoms with van der Waals surface area (Å²) in [6.07, 6.45) is 18.9. The molecule has 282 valence electrons. The van der Waals surface area contributed by atoms with Crippen molar-refractivity contribution in [1.82, 2.24) is 0 Å². The highest BCUT2D eigenvalue weighted by molar-refractivity contribution is 8.76. The van der Waals surface area contributed by atoms with Gasteiger partial charge in [-0.15, -0.1) is 0 Å². The second-order valence-corrected chi connectivity index (χ2v) is 16.1. The number of aliphatic hydroxyl groups is 2. The number of benzene rings is 4. The predicted octanol–water partition coefficient (Wildman–Crippen LogP) is 7.53. The Morgan fingerprint density at radius 2 is 1.05 bits per heavy atom. The molecule has 0 saturated carbocycles. The lowest BCUT2D eigenvalue weighted by Crippen LogP contribution is -3.02. The highest BCUT2D eigenvalue weighted by Gasteiger charge is 2.11. The van der Waals surface area contributed by atoms with Gasteiger partial charge in [0.1, 0.15) is 19.4 Å². The minimum absolute atomic E-state index is 0.139. The van der Waals surface area contributed by atoms with E-state index in [-0.39, 0.29) is 13.2 Å². The van der Waals surface area contributed by atoms with Crippen molar-refractivity contribution in [2.75, 3.05) is 54.2 Å². The van der Waals surface area contributed by atoms with Crippen molar-refractivity contribution in [2.45, 2.75) is 19.6 Å². The average molecular weight is 769 g/mol. The Labute approximate surface area is 334 Å². The Hall–Kier alpha value is -4.83. The number of anilines is 2. The molecular formula is C47H52N4O2S2+2. The summed E-state index contributed by atoms with van der Waals surface area (Å²) in [6.45, 7) is 5.27. The summed E-state index contributed by atoms with van der Waals surface area (Å²) in [7, 11) is 3.91. The zero-order chi connectivity index (χ0) is 37.9. The Morgan fingerprint density at radius 3 is 1.55 bits per heavy atom. The first-order chi connectivity index (χ1) is 27.1. The molecule has 0 radical (unpaired) electrons. The number of nitrogens with one attached hydrogen (secondary N) is 1. The summed E-state index contributed by atoms with van der Waals surface area (Å²) < 4.78 is 1.98. The van der Waals surface area contributed by atoms with Gasteiger partial charge in [-0.25, -0.2) is 4.57 Å². The molecule has 0 fully saturated rings. The summed E-state index contributed by atoms with van der Waals surface area (Å²) in [5.41, 5.74) is 9.70. The van der Waals surface area contributed by atoms with E-state index < -0.39 is 0 Å². The van der Waals surface area contributed by atoms with Crippen LogP contribution in [0.1, 0.15) is 27.8 Å². The Balaban J connectivity index is 1.03. The van der Waals surface area contributed by atoms with E-state index in [1.165, 1.54) is 33.0 Å². The van der Waals surface area contributed by atoms with E-state index in [4.69, 9.17) is 5.11 Å². The molecule has 0 spiro atoms. The SMILES string of the molecule is OCC[n+]1ccc(/C=C/c2ccc(N(CCSSCCN(Cc3ccccc3)c3ccc(/C=C/C4=C[NH+](CCO)C=C4)cc3)Cc3ccccc3)cc2)cc1. The van der Waals surface area contributed by atoms with Gasteiger partial charge < -0.3 is 20.0 Å². The van der Waals surface area contributed by atoms with E-state index >= 15 is 0 Å². The first-order valence-corrected chi connectivity index (χ1v) is 21.5. The molecule has 1 aliphatic heterocycles. The van der Waals surface area contributed by atoms with Crippen LogP contribution in [0.25, 0.3) is 18.2 Å². The van der Waals surface area contributed by atoms with Crippen LogP contribution in [0, 0.1) is 0 Å². The third kappa shape index (κ3) is 13.2. The lowest BCUT2D eigenvalue weighted by atomic mass is 10.1. The molecule has 55 heavy (non-hydrogen) atoms. The van der Waals surface area contributed by atoms with Crippen LogP contribution in [-0.4, -0.2) is 54.6 Å². The third-order valence-corrected chi connectivity index (χ3v) is 11.7. The van der Waals surface area contributed by atoms with Gasteiger partial charge in [0.05, 0.1) is 12.8 Å². The topological polar surface area (TPSA) is 55.3 Å². The van der Waals surface area contributed by atoms with E-state index in [1.54, 1.807) is 0 Å². The number of hydrogen-bond donors (Lipinski definition) is 3. The lowest BCUT2D eigenvalue weighted by molar-refractivity contribution is -0.788. The smallest absolute Gasteiger partial charge is 0.171 e. The van der Waals surface area contributed by atoms with Crippen LogP contribution in [0.5, 0.6) is 0 Å². The zero-order valence-electron chi connectivity index (χ0n) is 31.4. The summed E-state index contributed by atoms with van der Waals surface area (Å²) in [6, 6.07) is 43.3. The second kappa shape index (κ2) is 21.9. The molecular weight excluding hydrogens is 717 g/mol. The van der Waals surface area contributed by atoms with Gasteiger partial charge in [-0.2, -0.15) is 0 Å². The Bertz CT molecular complexity index is 1980. The molecule has 3 N–H and O–H groups in total. The van der Waals surface area contributed by atoms with Crippen LogP contribution >= 0.6 is 21.6 Å². The molecule has 0 aliphatic carbocycles. The maximum atomic E-state index is 9.22. The maximum absolute atomic E-state index is 9.22. The van der Waals surface area contributed by atoms with Crippen LogP contribution in [0.15, 0.2) is 164 Å².